The van der Waals surface area contributed by atoms with Crippen LogP contribution in [0.3, 0.4) is 0 Å². The van der Waals surface area contributed by atoms with Crippen LogP contribution in [-0.2, 0) is 22.7 Å². The predicted molar refractivity (Wildman–Crippen MR) is 106 cm³/mol. The van der Waals surface area contributed by atoms with E-state index in [-0.39, 0.29) is 30.1 Å². The van der Waals surface area contributed by atoms with E-state index in [2.05, 4.69) is 5.32 Å². The number of hydrogen-bond acceptors (Lipinski definition) is 3. The largest absolute Gasteiger partial charge is 0.497 e. The monoisotopic (exact) mass is 386 g/mol. The molecule has 0 unspecified atom stereocenters. The standard InChI is InChI=1S/C22H27FN2O3/c1-15(2)22(27)25(14-18-5-9-19(23)10-6-18)16(3)21(26)24-13-17-7-11-20(28-4)12-8-17/h5-12,15-16H,13-14H2,1-4H3,(H,24,26)/t16-/m0/s1. The van der Waals surface area contributed by atoms with Crippen LogP contribution in [0.5, 0.6) is 5.75 Å². The zero-order valence-corrected chi connectivity index (χ0v) is 16.7. The first-order chi connectivity index (χ1) is 13.3. The second-order valence-electron chi connectivity index (χ2n) is 6.99. The van der Waals surface area contributed by atoms with Gasteiger partial charge >= 0.3 is 0 Å². The molecule has 2 rings (SSSR count). The van der Waals surface area contributed by atoms with Crippen molar-refractivity contribution in [2.75, 3.05) is 7.11 Å². The van der Waals surface area contributed by atoms with Crippen LogP contribution in [0.4, 0.5) is 4.39 Å². The summed E-state index contributed by atoms with van der Waals surface area (Å²) in [6.45, 7) is 5.89. The van der Waals surface area contributed by atoms with E-state index in [9.17, 15) is 14.0 Å². The molecule has 0 bridgehead atoms. The number of amides is 2. The van der Waals surface area contributed by atoms with E-state index in [0.29, 0.717) is 6.54 Å². The fourth-order valence-electron chi connectivity index (χ4n) is 2.75. The van der Waals surface area contributed by atoms with Gasteiger partial charge in [0.1, 0.15) is 17.6 Å². The molecule has 0 aliphatic heterocycles. The first kappa shape index (κ1) is 21.4. The number of halogens is 1. The van der Waals surface area contributed by atoms with Gasteiger partial charge in [-0.05, 0) is 42.3 Å². The number of nitrogens with zero attached hydrogens (tertiary/aromatic N) is 1. The number of benzene rings is 2. The van der Waals surface area contributed by atoms with Crippen LogP contribution >= 0.6 is 0 Å². The van der Waals surface area contributed by atoms with Crippen molar-refractivity contribution in [1.29, 1.82) is 0 Å². The Morgan fingerprint density at radius 1 is 1.00 bits per heavy atom. The summed E-state index contributed by atoms with van der Waals surface area (Å²) in [5, 5.41) is 2.87. The number of methoxy groups -OCH3 is 1. The Morgan fingerprint density at radius 2 is 1.57 bits per heavy atom. The highest BCUT2D eigenvalue weighted by Crippen LogP contribution is 2.15. The summed E-state index contributed by atoms with van der Waals surface area (Å²) in [5.41, 5.74) is 1.70. The second kappa shape index (κ2) is 9.88. The highest BCUT2D eigenvalue weighted by molar-refractivity contribution is 5.88. The quantitative estimate of drug-likeness (QED) is 0.755. The number of ether oxygens (including phenoxy) is 1. The van der Waals surface area contributed by atoms with Gasteiger partial charge in [-0.15, -0.1) is 0 Å². The zero-order chi connectivity index (χ0) is 20.7. The molecule has 2 aromatic carbocycles. The highest BCUT2D eigenvalue weighted by Gasteiger charge is 2.27. The van der Waals surface area contributed by atoms with Crippen molar-refractivity contribution in [3.8, 4) is 5.75 Å². The fourth-order valence-corrected chi connectivity index (χ4v) is 2.75. The molecule has 0 aromatic heterocycles. The van der Waals surface area contributed by atoms with Crippen LogP contribution in [-0.4, -0.2) is 29.9 Å². The molecular formula is C22H27FN2O3. The molecule has 150 valence electrons. The van der Waals surface area contributed by atoms with Crippen LogP contribution in [0.2, 0.25) is 0 Å². The summed E-state index contributed by atoms with van der Waals surface area (Å²) in [7, 11) is 1.60. The van der Waals surface area contributed by atoms with Crippen molar-refractivity contribution in [2.45, 2.75) is 39.9 Å². The first-order valence-electron chi connectivity index (χ1n) is 9.27. The van der Waals surface area contributed by atoms with Gasteiger partial charge < -0.3 is 15.0 Å². The van der Waals surface area contributed by atoms with E-state index in [1.807, 2.05) is 24.3 Å². The van der Waals surface area contributed by atoms with Crippen LogP contribution in [0.15, 0.2) is 48.5 Å². The van der Waals surface area contributed by atoms with Crippen LogP contribution in [0, 0.1) is 11.7 Å². The van der Waals surface area contributed by atoms with Gasteiger partial charge in [0.2, 0.25) is 11.8 Å². The third-order valence-corrected chi connectivity index (χ3v) is 4.52. The molecule has 0 heterocycles. The molecule has 0 aliphatic rings. The Labute approximate surface area is 165 Å². The van der Waals surface area contributed by atoms with Gasteiger partial charge in [-0.1, -0.05) is 38.1 Å². The summed E-state index contributed by atoms with van der Waals surface area (Å²) < 4.78 is 18.3. The number of carbonyl (C=O) groups is 2. The van der Waals surface area contributed by atoms with Crippen LogP contribution < -0.4 is 10.1 Å². The predicted octanol–water partition coefficient (Wildman–Crippen LogP) is 3.52. The Balaban J connectivity index is 2.06. The molecule has 0 spiro atoms. The zero-order valence-electron chi connectivity index (χ0n) is 16.7. The van der Waals surface area contributed by atoms with Gasteiger partial charge in [-0.2, -0.15) is 0 Å². The Morgan fingerprint density at radius 3 is 2.11 bits per heavy atom. The van der Waals surface area contributed by atoms with Crippen molar-refractivity contribution in [3.63, 3.8) is 0 Å². The van der Waals surface area contributed by atoms with Crippen molar-refractivity contribution >= 4 is 11.8 Å². The second-order valence-corrected chi connectivity index (χ2v) is 6.99. The van der Waals surface area contributed by atoms with E-state index < -0.39 is 6.04 Å². The number of nitrogens with one attached hydrogen (secondary N) is 1. The molecule has 1 atom stereocenters. The molecule has 0 saturated carbocycles. The molecule has 2 aromatic rings. The molecule has 6 heteroatoms. The summed E-state index contributed by atoms with van der Waals surface area (Å²) in [5.74, 6) is -0.215. The first-order valence-corrected chi connectivity index (χ1v) is 9.27. The lowest BCUT2D eigenvalue weighted by Gasteiger charge is -2.30. The van der Waals surface area contributed by atoms with Crippen molar-refractivity contribution < 1.29 is 18.7 Å². The molecule has 2 amide bonds. The maximum absolute atomic E-state index is 13.2. The normalized spacial score (nSPS) is 11.8. The Bertz CT molecular complexity index is 788. The third-order valence-electron chi connectivity index (χ3n) is 4.52. The van der Waals surface area contributed by atoms with E-state index in [4.69, 9.17) is 4.74 Å². The average Bonchev–Trinajstić information content (AvgIpc) is 2.70. The SMILES string of the molecule is COc1ccc(CNC(=O)[C@H](C)N(Cc2ccc(F)cc2)C(=O)C(C)C)cc1. The van der Waals surface area contributed by atoms with E-state index in [0.717, 1.165) is 16.9 Å². The van der Waals surface area contributed by atoms with Crippen molar-refractivity contribution in [3.05, 3.63) is 65.5 Å². The van der Waals surface area contributed by atoms with Gasteiger partial charge in [0.25, 0.3) is 0 Å². The van der Waals surface area contributed by atoms with Gasteiger partial charge in [0.05, 0.1) is 7.11 Å². The number of carbonyl (C=O) groups excluding carboxylic acids is 2. The van der Waals surface area contributed by atoms with E-state index in [1.165, 1.54) is 17.0 Å². The molecule has 0 saturated heterocycles. The van der Waals surface area contributed by atoms with E-state index in [1.54, 1.807) is 40.0 Å². The number of rotatable bonds is 8. The third kappa shape index (κ3) is 5.81. The van der Waals surface area contributed by atoms with Crippen molar-refractivity contribution in [2.24, 2.45) is 5.92 Å². The topological polar surface area (TPSA) is 58.6 Å². The maximum atomic E-state index is 13.2. The van der Waals surface area contributed by atoms with Gasteiger partial charge in [-0.3, -0.25) is 9.59 Å². The minimum Gasteiger partial charge on any atom is -0.497 e. The molecule has 0 fully saturated rings. The molecule has 0 radical (unpaired) electrons. The fraction of sp³-hybridized carbons (Fsp3) is 0.364. The molecule has 28 heavy (non-hydrogen) atoms. The van der Waals surface area contributed by atoms with Crippen molar-refractivity contribution in [1.82, 2.24) is 10.2 Å². The molecule has 1 N–H and O–H groups in total. The average molecular weight is 386 g/mol. The smallest absolute Gasteiger partial charge is 0.242 e. The Hall–Kier alpha value is -2.89. The summed E-state index contributed by atoms with van der Waals surface area (Å²) in [4.78, 5) is 26.9. The minimum atomic E-state index is -0.654. The lowest BCUT2D eigenvalue weighted by atomic mass is 10.1. The Kier molecular flexibility index (Phi) is 7.55. The van der Waals surface area contributed by atoms with Gasteiger partial charge in [0, 0.05) is 19.0 Å². The summed E-state index contributed by atoms with van der Waals surface area (Å²) >= 11 is 0. The molecular weight excluding hydrogens is 359 g/mol. The van der Waals surface area contributed by atoms with Gasteiger partial charge in [-0.25, -0.2) is 4.39 Å². The van der Waals surface area contributed by atoms with Crippen LogP contribution in [0.1, 0.15) is 31.9 Å². The van der Waals surface area contributed by atoms with Crippen LogP contribution in [0.25, 0.3) is 0 Å². The van der Waals surface area contributed by atoms with E-state index >= 15 is 0 Å². The maximum Gasteiger partial charge on any atom is 0.242 e. The summed E-state index contributed by atoms with van der Waals surface area (Å²) in [6.07, 6.45) is 0. The lowest BCUT2D eigenvalue weighted by molar-refractivity contribution is -0.143. The highest BCUT2D eigenvalue weighted by atomic mass is 19.1. The summed E-state index contributed by atoms with van der Waals surface area (Å²) in [6, 6.07) is 12.7. The van der Waals surface area contributed by atoms with Gasteiger partial charge in [0.15, 0.2) is 0 Å². The lowest BCUT2D eigenvalue weighted by Crippen LogP contribution is -2.48. The molecule has 0 aliphatic carbocycles. The molecule has 5 nitrogen and oxygen atoms in total. The minimum absolute atomic E-state index is 0.128. The number of hydrogen-bond donors (Lipinski definition) is 1.